The molecule has 2 atom stereocenters. The molecule has 0 bridgehead atoms. The summed E-state index contributed by atoms with van der Waals surface area (Å²) in [5.74, 6) is 0.597. The second kappa shape index (κ2) is 7.42. The van der Waals surface area contributed by atoms with Crippen molar-refractivity contribution in [1.29, 1.82) is 0 Å². The molecular weight excluding hydrogens is 309 g/mol. The lowest BCUT2D eigenvalue weighted by Crippen LogP contribution is -2.38. The van der Waals surface area contributed by atoms with E-state index in [1.54, 1.807) is 18.3 Å². The van der Waals surface area contributed by atoms with Gasteiger partial charge >= 0.3 is 0 Å². The quantitative estimate of drug-likeness (QED) is 0.879. The molecule has 2 aromatic rings. The fourth-order valence-electron chi connectivity index (χ4n) is 3.36. The number of aryl methyl sites for hydroxylation is 1. The number of β-amino-alcohol motifs (C(OH)–C–C–N with tert-alkyl or cyclic N) is 1. The normalized spacial score (nSPS) is 19.3. The Morgan fingerprint density at radius 1 is 1.21 bits per heavy atom. The molecular formula is C18H24FN3O2. The van der Waals surface area contributed by atoms with E-state index in [1.807, 2.05) is 17.8 Å². The van der Waals surface area contributed by atoms with Crippen LogP contribution in [0.3, 0.4) is 0 Å². The minimum Gasteiger partial charge on any atom is -0.387 e. The predicted molar refractivity (Wildman–Crippen MR) is 88.7 cm³/mol. The molecule has 6 heteroatoms. The number of aromatic nitrogens is 2. The Kier molecular flexibility index (Phi) is 5.28. The zero-order valence-corrected chi connectivity index (χ0v) is 13.8. The summed E-state index contributed by atoms with van der Waals surface area (Å²) in [7, 11) is 1.89. The molecule has 1 fully saturated rings. The molecule has 2 unspecified atom stereocenters. The zero-order valence-electron chi connectivity index (χ0n) is 13.8. The average Bonchev–Trinajstić information content (AvgIpc) is 3.01. The Balaban J connectivity index is 1.51. The largest absolute Gasteiger partial charge is 0.387 e. The molecule has 1 aromatic heterocycles. The number of halogens is 1. The van der Waals surface area contributed by atoms with Crippen LogP contribution in [0.1, 0.15) is 36.4 Å². The highest BCUT2D eigenvalue weighted by molar-refractivity contribution is 5.18. The van der Waals surface area contributed by atoms with Crippen molar-refractivity contribution in [2.45, 2.75) is 25.0 Å². The highest BCUT2D eigenvalue weighted by Gasteiger charge is 2.29. The maximum Gasteiger partial charge on any atom is 0.137 e. The first-order valence-corrected chi connectivity index (χ1v) is 8.36. The third-order valence-corrected chi connectivity index (χ3v) is 4.89. The molecule has 0 aliphatic carbocycles. The minimum absolute atomic E-state index is 0.185. The van der Waals surface area contributed by atoms with Crippen molar-refractivity contribution >= 4 is 0 Å². The topological polar surface area (TPSA) is 61.5 Å². The van der Waals surface area contributed by atoms with Gasteiger partial charge in [-0.05, 0) is 49.5 Å². The van der Waals surface area contributed by atoms with Crippen LogP contribution in [0.2, 0.25) is 0 Å². The maximum atomic E-state index is 12.9. The summed E-state index contributed by atoms with van der Waals surface area (Å²) in [6, 6.07) is 5.98. The van der Waals surface area contributed by atoms with E-state index in [0.29, 0.717) is 12.4 Å². The SMILES string of the molecule is Cn1ccnc1C(O)C1CCN(CC(O)c2ccc(F)cc2)CC1. The molecule has 24 heavy (non-hydrogen) atoms. The van der Waals surface area contributed by atoms with Gasteiger partial charge in [-0.25, -0.2) is 9.37 Å². The van der Waals surface area contributed by atoms with Crippen LogP contribution < -0.4 is 0 Å². The van der Waals surface area contributed by atoms with Crippen LogP contribution in [-0.2, 0) is 7.05 Å². The molecule has 1 aliphatic heterocycles. The molecule has 2 heterocycles. The third-order valence-electron chi connectivity index (χ3n) is 4.89. The number of imidazole rings is 1. The van der Waals surface area contributed by atoms with Crippen LogP contribution in [0.5, 0.6) is 0 Å². The van der Waals surface area contributed by atoms with Gasteiger partial charge < -0.3 is 19.7 Å². The number of nitrogens with zero attached hydrogens (tertiary/aromatic N) is 3. The lowest BCUT2D eigenvalue weighted by molar-refractivity contribution is 0.0346. The highest BCUT2D eigenvalue weighted by atomic mass is 19.1. The molecule has 5 nitrogen and oxygen atoms in total. The van der Waals surface area contributed by atoms with E-state index in [2.05, 4.69) is 9.88 Å². The number of piperidine rings is 1. The molecule has 0 radical (unpaired) electrons. The van der Waals surface area contributed by atoms with Crippen LogP contribution in [0, 0.1) is 11.7 Å². The summed E-state index contributed by atoms with van der Waals surface area (Å²) >= 11 is 0. The number of aliphatic hydroxyl groups is 2. The molecule has 0 spiro atoms. The summed E-state index contributed by atoms with van der Waals surface area (Å²) in [4.78, 5) is 6.42. The molecule has 1 aromatic carbocycles. The molecule has 1 saturated heterocycles. The smallest absolute Gasteiger partial charge is 0.137 e. The second-order valence-electron chi connectivity index (χ2n) is 6.55. The van der Waals surface area contributed by atoms with Crippen molar-refractivity contribution in [3.05, 3.63) is 53.9 Å². The molecule has 0 amide bonds. The highest BCUT2D eigenvalue weighted by Crippen LogP contribution is 2.30. The Morgan fingerprint density at radius 2 is 1.88 bits per heavy atom. The van der Waals surface area contributed by atoms with Crippen molar-refractivity contribution < 1.29 is 14.6 Å². The minimum atomic E-state index is -0.624. The third kappa shape index (κ3) is 3.83. The Hall–Kier alpha value is -1.76. The van der Waals surface area contributed by atoms with Crippen LogP contribution in [0.25, 0.3) is 0 Å². The van der Waals surface area contributed by atoms with E-state index in [-0.39, 0.29) is 11.7 Å². The molecule has 3 rings (SSSR count). The van der Waals surface area contributed by atoms with Gasteiger partial charge in [-0.1, -0.05) is 12.1 Å². The average molecular weight is 333 g/mol. The lowest BCUT2D eigenvalue weighted by atomic mass is 9.90. The molecule has 2 N–H and O–H groups in total. The number of rotatable bonds is 5. The summed E-state index contributed by atoms with van der Waals surface area (Å²) in [6.45, 7) is 2.17. The predicted octanol–water partition coefficient (Wildman–Crippen LogP) is 2.04. The zero-order chi connectivity index (χ0) is 17.1. The Labute approximate surface area is 141 Å². The van der Waals surface area contributed by atoms with E-state index in [0.717, 1.165) is 31.5 Å². The van der Waals surface area contributed by atoms with Gasteiger partial charge in [0.25, 0.3) is 0 Å². The van der Waals surface area contributed by atoms with Gasteiger partial charge in [-0.3, -0.25) is 0 Å². The fourth-order valence-corrected chi connectivity index (χ4v) is 3.36. The fraction of sp³-hybridized carbons (Fsp3) is 0.500. The number of likely N-dealkylation sites (tertiary alicyclic amines) is 1. The molecule has 1 aliphatic rings. The summed E-state index contributed by atoms with van der Waals surface area (Å²) in [5, 5.41) is 20.8. The Morgan fingerprint density at radius 3 is 2.46 bits per heavy atom. The van der Waals surface area contributed by atoms with E-state index in [4.69, 9.17) is 0 Å². The van der Waals surface area contributed by atoms with Crippen LogP contribution in [0.15, 0.2) is 36.7 Å². The molecule has 0 saturated carbocycles. The van der Waals surface area contributed by atoms with E-state index in [9.17, 15) is 14.6 Å². The van der Waals surface area contributed by atoms with Gasteiger partial charge in [-0.15, -0.1) is 0 Å². The summed E-state index contributed by atoms with van der Waals surface area (Å²) in [5.41, 5.74) is 0.728. The second-order valence-corrected chi connectivity index (χ2v) is 6.55. The van der Waals surface area contributed by atoms with Gasteiger partial charge in [0.2, 0.25) is 0 Å². The van der Waals surface area contributed by atoms with E-state index < -0.39 is 12.2 Å². The summed E-state index contributed by atoms with van der Waals surface area (Å²) in [6.07, 6.45) is 4.10. The van der Waals surface area contributed by atoms with E-state index in [1.165, 1.54) is 12.1 Å². The maximum absolute atomic E-state index is 12.9. The van der Waals surface area contributed by atoms with Crippen LogP contribution in [0.4, 0.5) is 4.39 Å². The van der Waals surface area contributed by atoms with Crippen molar-refractivity contribution in [2.75, 3.05) is 19.6 Å². The lowest BCUT2D eigenvalue weighted by Gasteiger charge is -2.35. The van der Waals surface area contributed by atoms with Crippen molar-refractivity contribution in [3.8, 4) is 0 Å². The number of aliphatic hydroxyl groups excluding tert-OH is 2. The summed E-state index contributed by atoms with van der Waals surface area (Å²) < 4.78 is 14.8. The first-order valence-electron chi connectivity index (χ1n) is 8.36. The van der Waals surface area contributed by atoms with Gasteiger partial charge in [0.1, 0.15) is 17.7 Å². The first-order chi connectivity index (χ1) is 11.5. The number of benzene rings is 1. The Bertz CT molecular complexity index is 651. The van der Waals surface area contributed by atoms with Gasteiger partial charge in [-0.2, -0.15) is 0 Å². The molecule has 130 valence electrons. The number of hydrogen-bond acceptors (Lipinski definition) is 4. The van der Waals surface area contributed by atoms with Crippen LogP contribution >= 0.6 is 0 Å². The van der Waals surface area contributed by atoms with Crippen LogP contribution in [-0.4, -0.2) is 44.3 Å². The van der Waals surface area contributed by atoms with Crippen molar-refractivity contribution in [3.63, 3.8) is 0 Å². The van der Waals surface area contributed by atoms with Gasteiger partial charge in [0.05, 0.1) is 6.10 Å². The van der Waals surface area contributed by atoms with Gasteiger partial charge in [0.15, 0.2) is 0 Å². The van der Waals surface area contributed by atoms with Crippen molar-refractivity contribution in [1.82, 2.24) is 14.5 Å². The van der Waals surface area contributed by atoms with Gasteiger partial charge in [0, 0.05) is 26.0 Å². The van der Waals surface area contributed by atoms with Crippen molar-refractivity contribution in [2.24, 2.45) is 13.0 Å². The van der Waals surface area contributed by atoms with E-state index >= 15 is 0 Å². The monoisotopic (exact) mass is 333 g/mol. The number of hydrogen-bond donors (Lipinski definition) is 2. The first kappa shape index (κ1) is 17.1. The standard InChI is InChI=1S/C18H24FN3O2/c1-21-11-8-20-18(21)17(24)14-6-9-22(10-7-14)12-16(23)13-2-4-15(19)5-3-13/h2-5,8,11,14,16-17,23-24H,6-7,9-10,12H2,1H3.